The van der Waals surface area contributed by atoms with E-state index in [4.69, 9.17) is 16.0 Å². The number of nitrogens with one attached hydrogen (secondary N) is 1. The van der Waals surface area contributed by atoms with Gasteiger partial charge in [0, 0.05) is 54.3 Å². The summed E-state index contributed by atoms with van der Waals surface area (Å²) < 4.78 is 44.3. The Bertz CT molecular complexity index is 1900. The first-order valence-corrected chi connectivity index (χ1v) is 16.9. The number of hydrogen-bond acceptors (Lipinski definition) is 6. The molecule has 4 aromatic rings. The largest absolute Gasteiger partial charge is 0.451 e. The standard InChI is InChI=1S/C36H33ClF3N3O4S/c37-26-9-7-23(8-10-26)18-27(41-35(46)33-21-31(44)29-20-28(48-36(38,39)40)11-12-32(29)47-33)19-24-13-16-42(17-14-24)30-5-2-1-4-25(30)22-43-15-3-6-34(43)45/h1-2,4-5,7-12,19-21,27H,3,6,13-18,22H2,(H,41,46)/t27-/m0/s1. The highest BCUT2D eigenvalue weighted by Gasteiger charge is 2.30. The number of carbonyl (C=O) groups is 2. The van der Waals surface area contributed by atoms with Crippen LogP contribution in [0.5, 0.6) is 0 Å². The number of piperidine rings is 1. The second-order valence-electron chi connectivity index (χ2n) is 12.0. The van der Waals surface area contributed by atoms with Crippen LogP contribution in [0.4, 0.5) is 18.9 Å². The maximum absolute atomic E-state index is 13.4. The molecule has 2 saturated heterocycles. The third-order valence-electron chi connectivity index (χ3n) is 8.55. The Morgan fingerprint density at radius 2 is 1.73 bits per heavy atom. The van der Waals surface area contributed by atoms with E-state index in [0.717, 1.165) is 67.8 Å². The predicted molar refractivity (Wildman–Crippen MR) is 181 cm³/mol. The van der Waals surface area contributed by atoms with Crippen LogP contribution >= 0.6 is 23.4 Å². The van der Waals surface area contributed by atoms with Crippen molar-refractivity contribution in [1.82, 2.24) is 10.2 Å². The lowest BCUT2D eigenvalue weighted by atomic mass is 9.97. The predicted octanol–water partition coefficient (Wildman–Crippen LogP) is 7.75. The van der Waals surface area contributed by atoms with Crippen molar-refractivity contribution in [2.75, 3.05) is 24.5 Å². The van der Waals surface area contributed by atoms with Gasteiger partial charge in [0.25, 0.3) is 5.91 Å². The highest BCUT2D eigenvalue weighted by molar-refractivity contribution is 8.00. The molecule has 2 aliphatic heterocycles. The van der Waals surface area contributed by atoms with E-state index in [1.165, 1.54) is 17.7 Å². The zero-order chi connectivity index (χ0) is 33.8. The first-order valence-electron chi connectivity index (χ1n) is 15.7. The topological polar surface area (TPSA) is 82.9 Å². The van der Waals surface area contributed by atoms with Crippen LogP contribution in [0.15, 0.2) is 98.6 Å². The lowest BCUT2D eigenvalue weighted by molar-refractivity contribution is -0.128. The minimum Gasteiger partial charge on any atom is -0.451 e. The van der Waals surface area contributed by atoms with Gasteiger partial charge >= 0.3 is 5.51 Å². The number of likely N-dealkylation sites (tertiary alicyclic amines) is 1. The van der Waals surface area contributed by atoms with E-state index in [1.807, 2.05) is 29.2 Å². The Morgan fingerprint density at radius 1 is 0.979 bits per heavy atom. The number of para-hydroxylation sites is 1. The van der Waals surface area contributed by atoms with Gasteiger partial charge in [-0.25, -0.2) is 0 Å². The average Bonchev–Trinajstić information content (AvgIpc) is 3.46. The molecule has 2 amide bonds. The first-order chi connectivity index (χ1) is 23.0. The van der Waals surface area contributed by atoms with Gasteiger partial charge in [-0.3, -0.25) is 14.4 Å². The van der Waals surface area contributed by atoms with Gasteiger partial charge in [-0.1, -0.05) is 53.6 Å². The average molecular weight is 696 g/mol. The Kier molecular flexibility index (Phi) is 10.2. The molecule has 1 aromatic heterocycles. The molecule has 1 atom stereocenters. The van der Waals surface area contributed by atoms with Crippen LogP contribution in [0.2, 0.25) is 5.02 Å². The summed E-state index contributed by atoms with van der Waals surface area (Å²) in [6.45, 7) is 2.92. The number of alkyl halides is 3. The minimum atomic E-state index is -4.50. The minimum absolute atomic E-state index is 0.0218. The second kappa shape index (κ2) is 14.5. The molecule has 0 spiro atoms. The summed E-state index contributed by atoms with van der Waals surface area (Å²) in [7, 11) is 0. The summed E-state index contributed by atoms with van der Waals surface area (Å²) in [5, 5.41) is 3.54. The zero-order valence-electron chi connectivity index (χ0n) is 25.9. The van der Waals surface area contributed by atoms with Crippen molar-refractivity contribution in [3.05, 3.63) is 117 Å². The summed E-state index contributed by atoms with van der Waals surface area (Å²) >= 11 is 5.77. The molecule has 3 aromatic carbocycles. The van der Waals surface area contributed by atoms with Crippen LogP contribution in [-0.2, 0) is 17.8 Å². The summed E-state index contributed by atoms with van der Waals surface area (Å²) in [6, 6.07) is 19.7. The van der Waals surface area contributed by atoms with Crippen molar-refractivity contribution in [3.63, 3.8) is 0 Å². The van der Waals surface area contributed by atoms with Crippen LogP contribution in [0.25, 0.3) is 11.0 Å². The third-order valence-corrected chi connectivity index (χ3v) is 9.52. The maximum Gasteiger partial charge on any atom is 0.446 e. The van der Waals surface area contributed by atoms with Gasteiger partial charge in [0.1, 0.15) is 5.58 Å². The van der Waals surface area contributed by atoms with Crippen molar-refractivity contribution >= 4 is 51.8 Å². The molecule has 0 radical (unpaired) electrons. The number of anilines is 1. The van der Waals surface area contributed by atoms with Crippen molar-refractivity contribution in [2.45, 2.75) is 55.1 Å². The Balaban J connectivity index is 1.19. The fourth-order valence-corrected chi connectivity index (χ4v) is 6.93. The van der Waals surface area contributed by atoms with Gasteiger partial charge in [-0.15, -0.1) is 0 Å². The van der Waals surface area contributed by atoms with Crippen LogP contribution < -0.4 is 15.6 Å². The Labute approximate surface area is 284 Å². The molecule has 1 N–H and O–H groups in total. The molecular formula is C36H33ClF3N3O4S. The number of nitrogens with zero attached hydrogens (tertiary/aromatic N) is 2. The highest BCUT2D eigenvalue weighted by Crippen LogP contribution is 2.37. The van der Waals surface area contributed by atoms with E-state index in [-0.39, 0.29) is 39.3 Å². The molecule has 2 fully saturated rings. The number of fused-ring (bicyclic) bond motifs is 1. The molecule has 0 saturated carbocycles. The number of hydrogen-bond donors (Lipinski definition) is 1. The lowest BCUT2D eigenvalue weighted by Crippen LogP contribution is -2.37. The number of halogens is 4. The quantitative estimate of drug-likeness (QED) is 0.143. The van der Waals surface area contributed by atoms with E-state index in [9.17, 15) is 27.6 Å². The van der Waals surface area contributed by atoms with Crippen molar-refractivity contribution in [3.8, 4) is 0 Å². The molecule has 250 valence electrons. The lowest BCUT2D eigenvalue weighted by Gasteiger charge is -2.33. The summed E-state index contributed by atoms with van der Waals surface area (Å²) in [4.78, 5) is 42.7. The van der Waals surface area contributed by atoms with E-state index >= 15 is 0 Å². The van der Waals surface area contributed by atoms with Gasteiger partial charge < -0.3 is 19.5 Å². The SMILES string of the molecule is O=C(N[C@H](C=C1CCN(c2ccccc2CN2CCCC2=O)CC1)Cc1ccc(Cl)cc1)c1cc(=O)c2cc(SC(F)(F)F)ccc2o1. The van der Waals surface area contributed by atoms with Crippen LogP contribution in [0.1, 0.15) is 47.4 Å². The molecule has 12 heteroatoms. The molecule has 6 rings (SSSR count). The first kappa shape index (κ1) is 33.7. The van der Waals surface area contributed by atoms with Crippen molar-refractivity contribution < 1.29 is 27.2 Å². The number of carbonyl (C=O) groups excluding carboxylic acids is 2. The van der Waals surface area contributed by atoms with E-state index in [2.05, 4.69) is 28.4 Å². The smallest absolute Gasteiger partial charge is 0.446 e. The normalized spacial score (nSPS) is 16.0. The molecule has 7 nitrogen and oxygen atoms in total. The Morgan fingerprint density at radius 3 is 2.44 bits per heavy atom. The zero-order valence-corrected chi connectivity index (χ0v) is 27.5. The molecule has 0 bridgehead atoms. The number of amides is 2. The number of rotatable bonds is 9. The monoisotopic (exact) mass is 695 g/mol. The fraction of sp³-hybridized carbons (Fsp3) is 0.306. The summed E-state index contributed by atoms with van der Waals surface area (Å²) in [5.41, 5.74) is -0.726. The summed E-state index contributed by atoms with van der Waals surface area (Å²) in [6.07, 6.45) is 5.55. The second-order valence-corrected chi connectivity index (χ2v) is 13.5. The van der Waals surface area contributed by atoms with Crippen molar-refractivity contribution in [2.24, 2.45) is 0 Å². The van der Waals surface area contributed by atoms with Gasteiger partial charge in [0.15, 0.2) is 11.2 Å². The molecule has 0 unspecified atom stereocenters. The number of benzene rings is 3. The van der Waals surface area contributed by atoms with Gasteiger partial charge in [-0.2, -0.15) is 13.2 Å². The van der Waals surface area contributed by atoms with Crippen LogP contribution in [0.3, 0.4) is 0 Å². The number of thioether (sulfide) groups is 1. The van der Waals surface area contributed by atoms with Gasteiger partial charge in [0.05, 0.1) is 11.4 Å². The van der Waals surface area contributed by atoms with Crippen molar-refractivity contribution in [1.29, 1.82) is 0 Å². The molecule has 48 heavy (non-hydrogen) atoms. The van der Waals surface area contributed by atoms with Gasteiger partial charge in [0.2, 0.25) is 5.91 Å². The third kappa shape index (κ3) is 8.43. The van der Waals surface area contributed by atoms with Gasteiger partial charge in [-0.05, 0) is 85.0 Å². The van der Waals surface area contributed by atoms with E-state index in [0.29, 0.717) is 24.4 Å². The summed E-state index contributed by atoms with van der Waals surface area (Å²) in [5.74, 6) is -0.646. The maximum atomic E-state index is 13.4. The molecule has 0 aliphatic carbocycles. The van der Waals surface area contributed by atoms with Crippen LogP contribution in [-0.4, -0.2) is 47.9 Å². The Hall–Kier alpha value is -4.22. The van der Waals surface area contributed by atoms with E-state index < -0.39 is 22.9 Å². The highest BCUT2D eigenvalue weighted by atomic mass is 35.5. The molecule has 2 aliphatic rings. The van der Waals surface area contributed by atoms with Crippen LogP contribution in [0, 0.1) is 0 Å². The fourth-order valence-electron chi connectivity index (χ4n) is 6.23. The van der Waals surface area contributed by atoms with E-state index in [1.54, 1.807) is 12.1 Å². The molecular weight excluding hydrogens is 663 g/mol. The molecule has 3 heterocycles.